The number of carbonyl (C=O) groups is 1. The van der Waals surface area contributed by atoms with E-state index in [1.165, 1.54) is 15.9 Å². The smallest absolute Gasteiger partial charge is 0.283 e. The lowest BCUT2D eigenvalue weighted by Crippen LogP contribution is -2.26. The van der Waals surface area contributed by atoms with Crippen LogP contribution in [0.15, 0.2) is 53.3 Å². The van der Waals surface area contributed by atoms with Gasteiger partial charge in [-0.25, -0.2) is 4.98 Å². The summed E-state index contributed by atoms with van der Waals surface area (Å²) in [6, 6.07) is 14.2. The van der Waals surface area contributed by atoms with E-state index in [1.807, 2.05) is 6.07 Å². The van der Waals surface area contributed by atoms with Gasteiger partial charge in [-0.1, -0.05) is 23.5 Å². The fourth-order valence-corrected chi connectivity index (χ4v) is 3.52. The molecular weight excluding hydrogens is 378 g/mol. The monoisotopic (exact) mass is 395 g/mol. The van der Waals surface area contributed by atoms with Crippen LogP contribution in [0.3, 0.4) is 0 Å². The van der Waals surface area contributed by atoms with Crippen molar-refractivity contribution in [1.82, 2.24) is 19.9 Å². The number of fused-ring (bicyclic) bond motifs is 2. The number of anilines is 2. The normalized spacial score (nSPS) is 11.0. The van der Waals surface area contributed by atoms with E-state index in [-0.39, 0.29) is 11.5 Å². The average molecular weight is 395 g/mol. The summed E-state index contributed by atoms with van der Waals surface area (Å²) in [6.07, 6.45) is 0. The molecule has 9 heteroatoms. The molecule has 8 nitrogen and oxygen atoms in total. The number of amides is 1. The first-order valence-electron chi connectivity index (χ1n) is 8.58. The van der Waals surface area contributed by atoms with Crippen LogP contribution in [-0.2, 0) is 4.74 Å². The minimum Gasteiger partial charge on any atom is -0.383 e. The Balaban J connectivity index is 1.55. The van der Waals surface area contributed by atoms with Gasteiger partial charge in [0.2, 0.25) is 10.1 Å². The van der Waals surface area contributed by atoms with Crippen LogP contribution in [0.4, 0.5) is 10.8 Å². The molecule has 2 N–H and O–H groups in total. The number of carbonyl (C=O) groups excluding carboxylic acids is 1. The van der Waals surface area contributed by atoms with E-state index in [2.05, 4.69) is 20.7 Å². The van der Waals surface area contributed by atoms with Gasteiger partial charge in [0.05, 0.1) is 17.5 Å². The quantitative estimate of drug-likeness (QED) is 0.487. The van der Waals surface area contributed by atoms with Gasteiger partial charge in [0.1, 0.15) is 0 Å². The van der Waals surface area contributed by atoms with E-state index < -0.39 is 0 Å². The summed E-state index contributed by atoms with van der Waals surface area (Å²) in [7, 11) is 1.58. The lowest BCUT2D eigenvalue weighted by atomic mass is 10.2. The number of ether oxygens (including phenoxy) is 1. The molecule has 2 aromatic carbocycles. The Morgan fingerprint density at radius 2 is 1.96 bits per heavy atom. The molecule has 2 aromatic heterocycles. The Morgan fingerprint density at radius 1 is 1.18 bits per heavy atom. The predicted octanol–water partition coefficient (Wildman–Crippen LogP) is 2.42. The number of methoxy groups -OCH3 is 1. The third kappa shape index (κ3) is 3.57. The highest BCUT2D eigenvalue weighted by atomic mass is 32.1. The molecule has 0 aliphatic carbocycles. The van der Waals surface area contributed by atoms with Crippen LogP contribution in [-0.4, -0.2) is 40.8 Å². The van der Waals surface area contributed by atoms with Crippen molar-refractivity contribution in [3.05, 3.63) is 64.4 Å². The second-order valence-corrected chi connectivity index (χ2v) is 6.94. The Hall–Kier alpha value is -3.30. The maximum absolute atomic E-state index is 12.6. The van der Waals surface area contributed by atoms with Crippen LogP contribution in [0.25, 0.3) is 15.9 Å². The topological polar surface area (TPSA) is 97.6 Å². The second kappa shape index (κ2) is 7.75. The van der Waals surface area contributed by atoms with E-state index in [0.717, 1.165) is 5.69 Å². The zero-order chi connectivity index (χ0) is 19.5. The second-order valence-electron chi connectivity index (χ2n) is 5.99. The van der Waals surface area contributed by atoms with Crippen molar-refractivity contribution in [3.63, 3.8) is 0 Å². The molecule has 0 unspecified atom stereocenters. The summed E-state index contributed by atoms with van der Waals surface area (Å²) in [5, 5.41) is 11.3. The van der Waals surface area contributed by atoms with Crippen molar-refractivity contribution < 1.29 is 9.53 Å². The van der Waals surface area contributed by atoms with Crippen molar-refractivity contribution in [1.29, 1.82) is 0 Å². The maximum Gasteiger partial charge on any atom is 0.283 e. The molecule has 0 radical (unpaired) electrons. The van der Waals surface area contributed by atoms with Gasteiger partial charge in [-0.15, -0.1) is 5.10 Å². The maximum atomic E-state index is 12.6. The van der Waals surface area contributed by atoms with Crippen LogP contribution in [0.2, 0.25) is 0 Å². The van der Waals surface area contributed by atoms with Gasteiger partial charge in [-0.2, -0.15) is 4.52 Å². The number of rotatable bonds is 6. The number of benzene rings is 2. The summed E-state index contributed by atoms with van der Waals surface area (Å²) in [5.41, 5.74) is 1.75. The Bertz CT molecular complexity index is 1200. The van der Waals surface area contributed by atoms with E-state index in [1.54, 1.807) is 49.6 Å². The van der Waals surface area contributed by atoms with Gasteiger partial charge in [-0.05, 0) is 36.4 Å². The Labute approximate surface area is 163 Å². The van der Waals surface area contributed by atoms with Crippen LogP contribution in [0.1, 0.15) is 10.4 Å². The number of hydrogen-bond acceptors (Lipinski definition) is 7. The molecule has 0 spiro atoms. The van der Waals surface area contributed by atoms with E-state index in [0.29, 0.717) is 39.7 Å². The molecule has 0 aliphatic rings. The number of para-hydroxylation sites is 1. The lowest BCUT2D eigenvalue weighted by Gasteiger charge is -2.06. The number of hydrogen-bond donors (Lipinski definition) is 2. The van der Waals surface area contributed by atoms with Gasteiger partial charge in [-0.3, -0.25) is 9.59 Å². The average Bonchev–Trinajstić information content (AvgIpc) is 3.11. The highest BCUT2D eigenvalue weighted by molar-refractivity contribution is 7.20. The minimum atomic E-state index is -0.201. The van der Waals surface area contributed by atoms with Gasteiger partial charge >= 0.3 is 0 Å². The largest absolute Gasteiger partial charge is 0.383 e. The molecule has 2 heterocycles. The molecule has 4 aromatic rings. The first kappa shape index (κ1) is 18.1. The number of aromatic nitrogens is 3. The zero-order valence-electron chi connectivity index (χ0n) is 15.0. The summed E-state index contributed by atoms with van der Waals surface area (Å²) in [5.74, 6) is -0.161. The number of nitrogens with zero attached hydrogens (tertiary/aromatic N) is 3. The standard InChI is InChI=1S/C19H17N5O3S/c1-27-11-10-20-16(25)12-6-8-13(9-7-12)21-18-23-24-17(26)14-4-2-3-5-15(14)22-19(24)28-18/h2-9H,10-11H2,1H3,(H,20,25)(H,21,23). The zero-order valence-corrected chi connectivity index (χ0v) is 15.8. The SMILES string of the molecule is COCCNC(=O)c1ccc(Nc2nn3c(=O)c4ccccc4nc3s2)cc1. The summed E-state index contributed by atoms with van der Waals surface area (Å²) < 4.78 is 6.21. The van der Waals surface area contributed by atoms with Gasteiger partial charge in [0, 0.05) is 24.9 Å². The van der Waals surface area contributed by atoms with Crippen molar-refractivity contribution >= 4 is 43.9 Å². The fourth-order valence-electron chi connectivity index (χ4n) is 2.70. The van der Waals surface area contributed by atoms with Crippen LogP contribution < -0.4 is 16.2 Å². The Kier molecular flexibility index (Phi) is 5.00. The van der Waals surface area contributed by atoms with Crippen LogP contribution in [0, 0.1) is 0 Å². The summed E-state index contributed by atoms with van der Waals surface area (Å²) >= 11 is 1.28. The highest BCUT2D eigenvalue weighted by Gasteiger charge is 2.11. The molecule has 0 aliphatic heterocycles. The minimum absolute atomic E-state index is 0.161. The molecule has 0 saturated heterocycles. The number of nitrogens with one attached hydrogen (secondary N) is 2. The molecule has 0 atom stereocenters. The van der Waals surface area contributed by atoms with E-state index in [4.69, 9.17) is 4.74 Å². The molecule has 0 bridgehead atoms. The van der Waals surface area contributed by atoms with Gasteiger partial charge in [0.25, 0.3) is 11.5 Å². The molecule has 0 saturated carbocycles. The van der Waals surface area contributed by atoms with Crippen molar-refractivity contribution in [2.45, 2.75) is 0 Å². The molecule has 142 valence electrons. The fraction of sp³-hybridized carbons (Fsp3) is 0.158. The van der Waals surface area contributed by atoms with Crippen molar-refractivity contribution in [3.8, 4) is 0 Å². The molecule has 28 heavy (non-hydrogen) atoms. The van der Waals surface area contributed by atoms with Gasteiger partial charge in [0.15, 0.2) is 0 Å². The van der Waals surface area contributed by atoms with Gasteiger partial charge < -0.3 is 15.4 Å². The lowest BCUT2D eigenvalue weighted by molar-refractivity contribution is 0.0937. The predicted molar refractivity (Wildman–Crippen MR) is 109 cm³/mol. The molecular formula is C19H17N5O3S. The summed E-state index contributed by atoms with van der Waals surface area (Å²) in [4.78, 5) is 29.6. The summed E-state index contributed by atoms with van der Waals surface area (Å²) in [6.45, 7) is 0.919. The molecule has 4 rings (SSSR count). The highest BCUT2D eigenvalue weighted by Crippen LogP contribution is 2.23. The van der Waals surface area contributed by atoms with E-state index in [9.17, 15) is 9.59 Å². The third-order valence-corrected chi connectivity index (χ3v) is 4.92. The first-order chi connectivity index (χ1) is 13.7. The molecule has 0 fully saturated rings. The van der Waals surface area contributed by atoms with Crippen molar-refractivity contribution in [2.24, 2.45) is 0 Å². The van der Waals surface area contributed by atoms with Crippen LogP contribution >= 0.6 is 11.3 Å². The van der Waals surface area contributed by atoms with Crippen molar-refractivity contribution in [2.75, 3.05) is 25.6 Å². The third-order valence-electron chi connectivity index (χ3n) is 4.09. The van der Waals surface area contributed by atoms with Crippen LogP contribution in [0.5, 0.6) is 0 Å². The van der Waals surface area contributed by atoms with E-state index >= 15 is 0 Å². The first-order valence-corrected chi connectivity index (χ1v) is 9.40. The Morgan fingerprint density at radius 3 is 2.75 bits per heavy atom. The molecule has 1 amide bonds.